The van der Waals surface area contributed by atoms with Crippen molar-refractivity contribution >= 4 is 0 Å². The smallest absolute Gasteiger partial charge is 0.132 e. The fourth-order valence-corrected chi connectivity index (χ4v) is 4.14. The van der Waals surface area contributed by atoms with E-state index < -0.39 is 0 Å². The van der Waals surface area contributed by atoms with Gasteiger partial charge in [-0.15, -0.1) is 0 Å². The average molecular weight is 339 g/mol. The molecule has 0 N–H and O–H groups in total. The molecule has 0 unspecified atom stereocenters. The molecule has 1 saturated carbocycles. The van der Waals surface area contributed by atoms with Crippen molar-refractivity contribution in [2.45, 2.75) is 65.2 Å². The first-order valence-electron chi connectivity index (χ1n) is 9.87. The second kappa shape index (κ2) is 8.60. The zero-order valence-electron chi connectivity index (χ0n) is 15.6. The van der Waals surface area contributed by atoms with Crippen LogP contribution >= 0.6 is 0 Å². The third-order valence-electron chi connectivity index (χ3n) is 5.73. The van der Waals surface area contributed by atoms with Crippen molar-refractivity contribution < 1.29 is 4.39 Å². The van der Waals surface area contributed by atoms with Crippen molar-refractivity contribution in [1.29, 1.82) is 0 Å². The van der Waals surface area contributed by atoms with Crippen LogP contribution in [0.3, 0.4) is 0 Å². The van der Waals surface area contributed by atoms with Gasteiger partial charge in [0.25, 0.3) is 0 Å². The second-order valence-corrected chi connectivity index (χ2v) is 7.75. The van der Waals surface area contributed by atoms with Crippen molar-refractivity contribution in [3.05, 3.63) is 53.5 Å². The molecule has 1 fully saturated rings. The van der Waals surface area contributed by atoms with Crippen LogP contribution in [0.5, 0.6) is 0 Å². The number of benzene rings is 1. The molecule has 0 spiro atoms. The largest absolute Gasteiger partial charge is 0.256 e. The van der Waals surface area contributed by atoms with Gasteiger partial charge in [0.2, 0.25) is 0 Å². The number of halogens is 1. The molecule has 2 heteroatoms. The molecule has 0 radical (unpaired) electrons. The van der Waals surface area contributed by atoms with Crippen molar-refractivity contribution in [3.63, 3.8) is 0 Å². The third-order valence-corrected chi connectivity index (χ3v) is 5.73. The van der Waals surface area contributed by atoms with Gasteiger partial charge in [0.15, 0.2) is 0 Å². The van der Waals surface area contributed by atoms with Crippen molar-refractivity contribution in [2.75, 3.05) is 0 Å². The number of hydrogen-bond donors (Lipinski definition) is 0. The summed E-state index contributed by atoms with van der Waals surface area (Å²) in [6, 6.07) is 9.54. The van der Waals surface area contributed by atoms with Crippen molar-refractivity contribution in [3.8, 4) is 11.3 Å². The Bertz CT molecular complexity index is 669. The van der Waals surface area contributed by atoms with E-state index in [0.29, 0.717) is 11.3 Å². The fourth-order valence-electron chi connectivity index (χ4n) is 4.14. The lowest BCUT2D eigenvalue weighted by molar-refractivity contribution is 0.252. The van der Waals surface area contributed by atoms with E-state index in [1.807, 2.05) is 25.1 Å². The lowest BCUT2D eigenvalue weighted by Crippen LogP contribution is -2.15. The third kappa shape index (κ3) is 4.90. The molecule has 2 aromatic rings. The SMILES string of the molecule is CCCC1CCC(CCc2ccc(-c3ccc(C)cn3)c(F)c2)CC1. The molecule has 1 nitrogen and oxygen atoms in total. The Balaban J connectivity index is 1.56. The van der Waals surface area contributed by atoms with Gasteiger partial charge >= 0.3 is 0 Å². The summed E-state index contributed by atoms with van der Waals surface area (Å²) in [7, 11) is 0. The predicted molar refractivity (Wildman–Crippen MR) is 103 cm³/mol. The van der Waals surface area contributed by atoms with Crippen LogP contribution in [0, 0.1) is 24.6 Å². The Morgan fingerprint density at radius 1 is 1.00 bits per heavy atom. The van der Waals surface area contributed by atoms with Gasteiger partial charge in [0.1, 0.15) is 5.82 Å². The molecule has 134 valence electrons. The van der Waals surface area contributed by atoms with E-state index >= 15 is 0 Å². The minimum atomic E-state index is -0.152. The predicted octanol–water partition coefficient (Wildman–Crippen LogP) is 6.74. The van der Waals surface area contributed by atoms with Crippen LogP contribution in [-0.2, 0) is 6.42 Å². The molecular weight excluding hydrogens is 309 g/mol. The number of nitrogens with zero attached hydrogens (tertiary/aromatic N) is 1. The van der Waals surface area contributed by atoms with Gasteiger partial charge in [-0.1, -0.05) is 57.6 Å². The van der Waals surface area contributed by atoms with Crippen molar-refractivity contribution in [2.24, 2.45) is 11.8 Å². The molecule has 1 aromatic carbocycles. The average Bonchev–Trinajstić information content (AvgIpc) is 2.62. The quantitative estimate of drug-likeness (QED) is 0.568. The summed E-state index contributed by atoms with van der Waals surface area (Å²) in [5.74, 6) is 1.63. The normalized spacial score (nSPS) is 20.6. The molecule has 0 saturated heterocycles. The van der Waals surface area contributed by atoms with Crippen LogP contribution in [-0.4, -0.2) is 4.98 Å². The van der Waals surface area contributed by atoms with E-state index in [4.69, 9.17) is 0 Å². The molecule has 0 bridgehead atoms. The van der Waals surface area contributed by atoms with Gasteiger partial charge in [-0.3, -0.25) is 4.98 Å². The molecule has 0 atom stereocenters. The first kappa shape index (κ1) is 18.1. The number of aromatic nitrogens is 1. The molecule has 25 heavy (non-hydrogen) atoms. The Hall–Kier alpha value is -1.70. The van der Waals surface area contributed by atoms with Crippen LogP contribution in [0.1, 0.15) is 63.0 Å². The standard InChI is InChI=1S/C23H30FN/c1-3-4-18-6-8-19(9-7-18)10-11-20-12-13-21(22(24)15-20)23-14-5-17(2)16-25-23/h5,12-16,18-19H,3-4,6-11H2,1-2H3. The van der Waals surface area contributed by atoms with Crippen LogP contribution in [0.25, 0.3) is 11.3 Å². The highest BCUT2D eigenvalue weighted by Crippen LogP contribution is 2.34. The van der Waals surface area contributed by atoms with Crippen LogP contribution < -0.4 is 0 Å². The van der Waals surface area contributed by atoms with E-state index in [0.717, 1.165) is 29.4 Å². The highest BCUT2D eigenvalue weighted by molar-refractivity contribution is 5.60. The molecule has 0 aliphatic heterocycles. The van der Waals surface area contributed by atoms with E-state index in [1.54, 1.807) is 12.3 Å². The first-order valence-corrected chi connectivity index (χ1v) is 9.87. The summed E-state index contributed by atoms with van der Waals surface area (Å²) < 4.78 is 14.5. The fraction of sp³-hybridized carbons (Fsp3) is 0.522. The molecule has 1 aromatic heterocycles. The zero-order valence-corrected chi connectivity index (χ0v) is 15.6. The maximum atomic E-state index is 14.5. The highest BCUT2D eigenvalue weighted by atomic mass is 19.1. The number of rotatable bonds is 6. The van der Waals surface area contributed by atoms with Gasteiger partial charge in [-0.25, -0.2) is 4.39 Å². The Morgan fingerprint density at radius 2 is 1.72 bits per heavy atom. The van der Waals surface area contributed by atoms with Gasteiger partial charge in [-0.2, -0.15) is 0 Å². The molecule has 1 heterocycles. The number of aryl methyl sites for hydroxylation is 2. The lowest BCUT2D eigenvalue weighted by Gasteiger charge is -2.28. The summed E-state index contributed by atoms with van der Waals surface area (Å²) in [6.07, 6.45) is 12.2. The minimum Gasteiger partial charge on any atom is -0.256 e. The Morgan fingerprint density at radius 3 is 2.32 bits per heavy atom. The zero-order chi connectivity index (χ0) is 17.6. The number of pyridine rings is 1. The summed E-state index contributed by atoms with van der Waals surface area (Å²) in [4.78, 5) is 4.34. The monoisotopic (exact) mass is 339 g/mol. The minimum absolute atomic E-state index is 0.152. The van der Waals surface area contributed by atoms with Gasteiger partial charge in [-0.05, 0) is 60.9 Å². The molecule has 1 aliphatic carbocycles. The van der Waals surface area contributed by atoms with E-state index in [1.165, 1.54) is 44.9 Å². The maximum absolute atomic E-state index is 14.5. The molecule has 3 rings (SSSR count). The lowest BCUT2D eigenvalue weighted by atomic mass is 9.78. The second-order valence-electron chi connectivity index (χ2n) is 7.75. The van der Waals surface area contributed by atoms with Gasteiger partial charge < -0.3 is 0 Å². The van der Waals surface area contributed by atoms with Crippen LogP contribution in [0.15, 0.2) is 36.5 Å². The highest BCUT2D eigenvalue weighted by Gasteiger charge is 2.20. The summed E-state index contributed by atoms with van der Waals surface area (Å²) in [6.45, 7) is 4.28. The number of hydrogen-bond acceptors (Lipinski definition) is 1. The van der Waals surface area contributed by atoms with Gasteiger partial charge in [0.05, 0.1) is 5.69 Å². The van der Waals surface area contributed by atoms with Gasteiger partial charge in [0, 0.05) is 11.8 Å². The van der Waals surface area contributed by atoms with E-state index in [-0.39, 0.29) is 5.82 Å². The maximum Gasteiger partial charge on any atom is 0.132 e. The Labute approximate surface area is 151 Å². The van der Waals surface area contributed by atoms with Crippen LogP contribution in [0.2, 0.25) is 0 Å². The first-order chi connectivity index (χ1) is 12.2. The van der Waals surface area contributed by atoms with Crippen molar-refractivity contribution in [1.82, 2.24) is 4.98 Å². The molecule has 0 amide bonds. The molecule has 1 aliphatic rings. The van der Waals surface area contributed by atoms with E-state index in [2.05, 4.69) is 18.0 Å². The Kier molecular flexibility index (Phi) is 6.23. The van der Waals surface area contributed by atoms with E-state index in [9.17, 15) is 4.39 Å². The topological polar surface area (TPSA) is 12.9 Å². The summed E-state index contributed by atoms with van der Waals surface area (Å²) >= 11 is 0. The summed E-state index contributed by atoms with van der Waals surface area (Å²) in [5.41, 5.74) is 3.52. The summed E-state index contributed by atoms with van der Waals surface area (Å²) in [5, 5.41) is 0. The molecular formula is C23H30FN. The van der Waals surface area contributed by atoms with Crippen LogP contribution in [0.4, 0.5) is 4.39 Å².